The van der Waals surface area contributed by atoms with Gasteiger partial charge in [-0.3, -0.25) is 9.59 Å². The van der Waals surface area contributed by atoms with Gasteiger partial charge in [-0.2, -0.15) is 15.0 Å². The number of aliphatic hydroxyl groups is 1. The average molecular weight is 698 g/mol. The summed E-state index contributed by atoms with van der Waals surface area (Å²) in [5.41, 5.74) is 10.5. The molecule has 5 heterocycles. The zero-order valence-electron chi connectivity index (χ0n) is 26.5. The Morgan fingerprint density at radius 3 is 2.74 bits per heavy atom. The van der Waals surface area contributed by atoms with Gasteiger partial charge in [-0.1, -0.05) is 35.4 Å². The second-order valence-electron chi connectivity index (χ2n) is 12.0. The highest BCUT2D eigenvalue weighted by Crippen LogP contribution is 2.40. The van der Waals surface area contributed by atoms with Crippen molar-refractivity contribution in [3.63, 3.8) is 0 Å². The molecule has 1 aromatic carbocycles. The molecule has 248 valence electrons. The predicted molar refractivity (Wildman–Crippen MR) is 185 cm³/mol. The first-order chi connectivity index (χ1) is 22.5. The Labute approximate surface area is 284 Å². The Morgan fingerprint density at radius 1 is 1.19 bits per heavy atom. The Hall–Kier alpha value is -3.43. The molecule has 2 aliphatic rings. The van der Waals surface area contributed by atoms with Gasteiger partial charge in [0.05, 0.1) is 35.1 Å². The van der Waals surface area contributed by atoms with E-state index in [2.05, 4.69) is 41.0 Å². The maximum Gasteiger partial charge on any atom is 0.328 e. The topological polar surface area (TPSA) is 167 Å². The van der Waals surface area contributed by atoms with Gasteiger partial charge in [0.1, 0.15) is 18.3 Å². The summed E-state index contributed by atoms with van der Waals surface area (Å²) >= 11 is 6.20. The second-order valence-corrected chi connectivity index (χ2v) is 15.4. The van der Waals surface area contributed by atoms with Crippen LogP contribution in [0.25, 0.3) is 22.3 Å². The monoisotopic (exact) mass is 697 g/mol. The van der Waals surface area contributed by atoms with Gasteiger partial charge in [-0.05, 0) is 73.7 Å². The van der Waals surface area contributed by atoms with E-state index < -0.39 is 18.0 Å². The van der Waals surface area contributed by atoms with Gasteiger partial charge in [0.2, 0.25) is 11.2 Å². The predicted octanol–water partition coefficient (Wildman–Crippen LogP) is 5.06. The SMILES string of the molecule is CCc1c2c(nc3ccc(Oc4nc(Cl)nc(NCCSSC(C)(C)CN)n4)cc13)-c1cc3c(c(=O)n1C2)COC(=O)C3[C@H](O)CC. The summed E-state index contributed by atoms with van der Waals surface area (Å²) in [6.07, 6.45) is 0.0708. The summed E-state index contributed by atoms with van der Waals surface area (Å²) in [4.78, 5) is 44.0. The lowest BCUT2D eigenvalue weighted by molar-refractivity contribution is -0.151. The van der Waals surface area contributed by atoms with Crippen LogP contribution in [0.1, 0.15) is 62.3 Å². The molecule has 0 saturated heterocycles. The van der Waals surface area contributed by atoms with Crippen LogP contribution in [0, 0.1) is 0 Å². The third kappa shape index (κ3) is 6.66. The molecular weight excluding hydrogens is 662 g/mol. The molecule has 0 saturated carbocycles. The minimum absolute atomic E-state index is 0.00400. The molecule has 0 fully saturated rings. The molecule has 0 amide bonds. The number of aliphatic hydroxyl groups excluding tert-OH is 1. The average Bonchev–Trinajstić information content (AvgIpc) is 3.41. The highest BCUT2D eigenvalue weighted by Gasteiger charge is 2.38. The number of nitrogens with zero attached hydrogens (tertiary/aromatic N) is 5. The van der Waals surface area contributed by atoms with E-state index in [1.54, 1.807) is 39.1 Å². The van der Waals surface area contributed by atoms with Gasteiger partial charge in [0.25, 0.3) is 5.56 Å². The molecule has 3 aromatic heterocycles. The molecule has 2 atom stereocenters. The molecule has 1 unspecified atom stereocenters. The van der Waals surface area contributed by atoms with Crippen molar-refractivity contribution in [2.45, 2.75) is 70.5 Å². The zero-order chi connectivity index (χ0) is 33.5. The number of nitrogens with two attached hydrogens (primary N) is 1. The quantitative estimate of drug-likeness (QED) is 0.0900. The first-order valence-corrected chi connectivity index (χ1v) is 18.1. The summed E-state index contributed by atoms with van der Waals surface area (Å²) in [5, 5.41) is 14.7. The maximum atomic E-state index is 13.7. The maximum absolute atomic E-state index is 13.7. The number of halogens is 1. The van der Waals surface area contributed by atoms with Crippen LogP contribution in [0.2, 0.25) is 5.28 Å². The molecule has 2 aliphatic heterocycles. The Kier molecular flexibility index (Phi) is 9.68. The van der Waals surface area contributed by atoms with Crippen LogP contribution in [0.5, 0.6) is 11.8 Å². The molecule has 4 N–H and O–H groups in total. The van der Waals surface area contributed by atoms with Crippen molar-refractivity contribution in [1.29, 1.82) is 0 Å². The smallest absolute Gasteiger partial charge is 0.328 e. The minimum atomic E-state index is -0.956. The van der Waals surface area contributed by atoms with Crippen LogP contribution >= 0.6 is 33.2 Å². The first-order valence-electron chi connectivity index (χ1n) is 15.4. The Morgan fingerprint density at radius 2 is 2.00 bits per heavy atom. The molecule has 0 spiro atoms. The second kappa shape index (κ2) is 13.6. The molecule has 0 aliphatic carbocycles. The van der Waals surface area contributed by atoms with E-state index in [1.807, 2.05) is 18.2 Å². The fourth-order valence-electron chi connectivity index (χ4n) is 5.80. The first kappa shape index (κ1) is 33.5. The molecule has 0 bridgehead atoms. The summed E-state index contributed by atoms with van der Waals surface area (Å²) in [7, 11) is 3.46. The van der Waals surface area contributed by atoms with E-state index >= 15 is 0 Å². The van der Waals surface area contributed by atoms with Crippen molar-refractivity contribution in [3.05, 3.63) is 62.2 Å². The third-order valence-corrected chi connectivity index (χ3v) is 11.8. The molecule has 12 nitrogen and oxygen atoms in total. The number of carbonyl (C=O) groups is 1. The van der Waals surface area contributed by atoms with E-state index in [4.69, 9.17) is 31.8 Å². The number of rotatable bonds is 12. The fraction of sp³-hybridized carbons (Fsp3) is 0.438. The van der Waals surface area contributed by atoms with Crippen molar-refractivity contribution in [1.82, 2.24) is 24.5 Å². The zero-order valence-corrected chi connectivity index (χ0v) is 28.9. The van der Waals surface area contributed by atoms with E-state index in [1.165, 1.54) is 0 Å². The number of carbonyl (C=O) groups excluding carboxylic acids is 1. The lowest BCUT2D eigenvalue weighted by atomic mass is 9.87. The van der Waals surface area contributed by atoms with Gasteiger partial charge < -0.3 is 30.2 Å². The van der Waals surface area contributed by atoms with Crippen molar-refractivity contribution in [3.8, 4) is 23.1 Å². The summed E-state index contributed by atoms with van der Waals surface area (Å²) in [6, 6.07) is 7.39. The van der Waals surface area contributed by atoms with E-state index in [9.17, 15) is 14.7 Å². The molecular formula is C32H36ClN7O5S2. The Bertz CT molecular complexity index is 1920. The van der Waals surface area contributed by atoms with Crippen LogP contribution < -0.4 is 21.3 Å². The highest BCUT2D eigenvalue weighted by molar-refractivity contribution is 8.77. The standard InChI is InChI=1S/C32H36ClN7O5S2/c1-5-17-18-11-16(45-31-38-29(33)37-30(39-31)35-9-10-46-47-32(3,4)15-34)7-8-22(18)36-26-20(17)13-40-23(26)12-19-21(27(40)42)14-44-28(43)25(19)24(41)6-2/h7-8,11-12,24-25,41H,5-6,9-10,13-15,34H2,1-4H3,(H,35,37,38,39)/t24-,25?/m1/s1. The van der Waals surface area contributed by atoms with Gasteiger partial charge in [0.15, 0.2) is 0 Å². The van der Waals surface area contributed by atoms with Gasteiger partial charge in [-0.15, -0.1) is 0 Å². The van der Waals surface area contributed by atoms with Crippen LogP contribution in [0.4, 0.5) is 5.95 Å². The van der Waals surface area contributed by atoms with Crippen LogP contribution in [-0.2, 0) is 29.1 Å². The van der Waals surface area contributed by atoms with Crippen molar-refractivity contribution < 1.29 is 19.4 Å². The van der Waals surface area contributed by atoms with Crippen LogP contribution in [0.3, 0.4) is 0 Å². The number of fused-ring (bicyclic) bond motifs is 5. The number of aryl methyl sites for hydroxylation is 1. The number of nitrogens with one attached hydrogen (secondary N) is 1. The van der Waals surface area contributed by atoms with Gasteiger partial charge in [0, 0.05) is 34.5 Å². The minimum Gasteiger partial charge on any atom is -0.460 e. The number of esters is 1. The molecule has 15 heteroatoms. The summed E-state index contributed by atoms with van der Waals surface area (Å²) < 4.78 is 13.0. The molecule has 6 rings (SSSR count). The van der Waals surface area contributed by atoms with Gasteiger partial charge in [-0.25, -0.2) is 4.98 Å². The third-order valence-electron chi connectivity index (χ3n) is 8.31. The Balaban J connectivity index is 1.27. The number of hydrogen-bond acceptors (Lipinski definition) is 13. The van der Waals surface area contributed by atoms with Crippen molar-refractivity contribution in [2.75, 3.05) is 24.2 Å². The van der Waals surface area contributed by atoms with Crippen LogP contribution in [0.15, 0.2) is 29.1 Å². The number of cyclic esters (lactones) is 1. The lowest BCUT2D eigenvalue weighted by Crippen LogP contribution is -2.37. The number of anilines is 1. The number of benzene rings is 1. The van der Waals surface area contributed by atoms with E-state index in [-0.39, 0.29) is 28.2 Å². The molecule has 47 heavy (non-hydrogen) atoms. The largest absolute Gasteiger partial charge is 0.460 e. The number of pyridine rings is 2. The number of ether oxygens (including phenoxy) is 2. The normalized spacial score (nSPS) is 16.0. The summed E-state index contributed by atoms with van der Waals surface area (Å²) in [5.74, 6) is 0.175. The van der Waals surface area contributed by atoms with E-state index in [0.29, 0.717) is 66.7 Å². The molecule has 0 radical (unpaired) electrons. The van der Waals surface area contributed by atoms with Gasteiger partial charge >= 0.3 is 12.0 Å². The van der Waals surface area contributed by atoms with Crippen molar-refractivity contribution >= 4 is 56.0 Å². The highest BCUT2D eigenvalue weighted by atomic mass is 35.5. The lowest BCUT2D eigenvalue weighted by Gasteiger charge is -2.28. The molecule has 4 aromatic rings. The van der Waals surface area contributed by atoms with Crippen LogP contribution in [-0.4, -0.2) is 65.3 Å². The number of hydrogen-bond donors (Lipinski definition) is 3. The fourth-order valence-corrected chi connectivity index (χ4v) is 8.27. The summed E-state index contributed by atoms with van der Waals surface area (Å²) in [6.45, 7) is 9.48. The van der Waals surface area contributed by atoms with Crippen molar-refractivity contribution in [2.24, 2.45) is 5.73 Å². The number of aromatic nitrogens is 5. The van der Waals surface area contributed by atoms with E-state index in [0.717, 1.165) is 27.8 Å².